The van der Waals surface area contributed by atoms with Crippen LogP contribution in [0.5, 0.6) is 0 Å². The van der Waals surface area contributed by atoms with E-state index < -0.39 is 0 Å². The second-order valence-electron chi connectivity index (χ2n) is 4.69. The van der Waals surface area contributed by atoms with Crippen LogP contribution < -0.4 is 5.32 Å². The summed E-state index contributed by atoms with van der Waals surface area (Å²) in [4.78, 5) is 12.5. The van der Waals surface area contributed by atoms with Crippen LogP contribution in [0.4, 0.5) is 5.69 Å². The van der Waals surface area contributed by atoms with Gasteiger partial charge in [-0.25, -0.2) is 0 Å². The first-order valence-electron chi connectivity index (χ1n) is 6.64. The van der Waals surface area contributed by atoms with Gasteiger partial charge in [0.05, 0.1) is 16.9 Å². The second-order valence-corrected chi connectivity index (χ2v) is 6.46. The van der Waals surface area contributed by atoms with E-state index in [4.69, 9.17) is 0 Å². The number of amides is 1. The van der Waals surface area contributed by atoms with Crippen molar-refractivity contribution < 1.29 is 4.79 Å². The Labute approximate surface area is 145 Å². The van der Waals surface area contributed by atoms with Crippen LogP contribution in [0.2, 0.25) is 0 Å². The second kappa shape index (κ2) is 6.50. The minimum Gasteiger partial charge on any atom is -0.322 e. The van der Waals surface area contributed by atoms with Crippen molar-refractivity contribution in [2.24, 2.45) is 0 Å². The zero-order valence-electron chi connectivity index (χ0n) is 11.5. The molecule has 0 fully saturated rings. The van der Waals surface area contributed by atoms with E-state index in [-0.39, 0.29) is 5.91 Å². The van der Waals surface area contributed by atoms with Gasteiger partial charge in [0, 0.05) is 21.3 Å². The summed E-state index contributed by atoms with van der Waals surface area (Å²) in [6.07, 6.45) is 3.89. The summed E-state index contributed by atoms with van der Waals surface area (Å²) in [6, 6.07) is 17.1. The lowest BCUT2D eigenvalue weighted by atomic mass is 10.2. The highest BCUT2D eigenvalue weighted by molar-refractivity contribution is 9.11. The molecule has 0 saturated heterocycles. The van der Waals surface area contributed by atoms with Crippen molar-refractivity contribution in [3.05, 3.63) is 81.5 Å². The molecule has 0 aliphatic rings. The molecule has 0 spiro atoms. The molecule has 3 aromatic rings. The number of benzene rings is 2. The molecule has 1 amide bonds. The molecule has 0 unspecified atom stereocenters. The van der Waals surface area contributed by atoms with Gasteiger partial charge < -0.3 is 9.88 Å². The van der Waals surface area contributed by atoms with E-state index >= 15 is 0 Å². The predicted octanol–water partition coefficient (Wildman–Crippen LogP) is 5.25. The van der Waals surface area contributed by atoms with Gasteiger partial charge in [-0.05, 0) is 58.4 Å². The summed E-state index contributed by atoms with van der Waals surface area (Å²) >= 11 is 6.81. The zero-order valence-corrected chi connectivity index (χ0v) is 14.6. The number of carbonyl (C=O) groups is 1. The maximum atomic E-state index is 12.5. The van der Waals surface area contributed by atoms with E-state index in [9.17, 15) is 4.79 Å². The fourth-order valence-electron chi connectivity index (χ4n) is 2.16. The maximum Gasteiger partial charge on any atom is 0.256 e. The summed E-state index contributed by atoms with van der Waals surface area (Å²) in [7, 11) is 0. The third kappa shape index (κ3) is 3.15. The van der Waals surface area contributed by atoms with Crippen LogP contribution in [-0.4, -0.2) is 10.5 Å². The van der Waals surface area contributed by atoms with Crippen molar-refractivity contribution in [1.82, 2.24) is 4.57 Å². The first-order chi connectivity index (χ1) is 10.6. The third-order valence-electron chi connectivity index (χ3n) is 3.21. The van der Waals surface area contributed by atoms with Gasteiger partial charge in [-0.1, -0.05) is 28.1 Å². The monoisotopic (exact) mass is 418 g/mol. The number of nitrogens with one attached hydrogen (secondary N) is 1. The van der Waals surface area contributed by atoms with Crippen molar-refractivity contribution in [2.45, 2.75) is 0 Å². The first-order valence-corrected chi connectivity index (χ1v) is 8.22. The van der Waals surface area contributed by atoms with Crippen molar-refractivity contribution in [2.75, 3.05) is 5.32 Å². The zero-order chi connectivity index (χ0) is 15.5. The van der Waals surface area contributed by atoms with Gasteiger partial charge >= 0.3 is 0 Å². The van der Waals surface area contributed by atoms with Crippen LogP contribution in [-0.2, 0) is 0 Å². The van der Waals surface area contributed by atoms with E-state index in [0.29, 0.717) is 5.56 Å². The van der Waals surface area contributed by atoms with Crippen molar-refractivity contribution in [3.63, 3.8) is 0 Å². The molecule has 0 atom stereocenters. The van der Waals surface area contributed by atoms with Gasteiger partial charge in [0.1, 0.15) is 0 Å². The van der Waals surface area contributed by atoms with Crippen molar-refractivity contribution in [1.29, 1.82) is 0 Å². The molecule has 0 bridgehead atoms. The molecule has 110 valence electrons. The molecular formula is C17H12Br2N2O. The smallest absolute Gasteiger partial charge is 0.256 e. The Kier molecular flexibility index (Phi) is 4.45. The van der Waals surface area contributed by atoms with Crippen LogP contribution in [0.3, 0.4) is 0 Å². The predicted molar refractivity (Wildman–Crippen MR) is 95.6 cm³/mol. The van der Waals surface area contributed by atoms with Gasteiger partial charge in [0.25, 0.3) is 5.91 Å². The van der Waals surface area contributed by atoms with Gasteiger partial charge in [-0.2, -0.15) is 0 Å². The summed E-state index contributed by atoms with van der Waals surface area (Å²) in [5.41, 5.74) is 2.28. The molecule has 3 nitrogen and oxygen atoms in total. The Morgan fingerprint density at radius 1 is 0.955 bits per heavy atom. The standard InChI is InChI=1S/C17H12Br2N2O/c18-12-7-8-13(14(19)11-12)17(22)20-15-5-1-2-6-16(15)21-9-3-4-10-21/h1-11H,(H,20,22). The van der Waals surface area contributed by atoms with Crippen LogP contribution in [0.25, 0.3) is 5.69 Å². The van der Waals surface area contributed by atoms with Gasteiger partial charge in [-0.15, -0.1) is 0 Å². The first kappa shape index (κ1) is 15.1. The minimum atomic E-state index is -0.154. The Morgan fingerprint density at radius 3 is 2.41 bits per heavy atom. The number of para-hydroxylation sites is 2. The SMILES string of the molecule is O=C(Nc1ccccc1-n1cccc1)c1ccc(Br)cc1Br. The van der Waals surface area contributed by atoms with Crippen LogP contribution in [0.1, 0.15) is 10.4 Å². The number of carbonyl (C=O) groups excluding carboxylic acids is 1. The van der Waals surface area contributed by atoms with E-state index in [2.05, 4.69) is 37.2 Å². The number of rotatable bonds is 3. The summed E-state index contributed by atoms with van der Waals surface area (Å²) in [5, 5.41) is 2.97. The van der Waals surface area contributed by atoms with Crippen LogP contribution in [0, 0.1) is 0 Å². The van der Waals surface area contributed by atoms with E-state index in [0.717, 1.165) is 20.3 Å². The van der Waals surface area contributed by atoms with E-state index in [1.54, 1.807) is 6.07 Å². The van der Waals surface area contributed by atoms with Crippen molar-refractivity contribution in [3.8, 4) is 5.69 Å². The number of nitrogens with zero attached hydrogens (tertiary/aromatic N) is 1. The lowest BCUT2D eigenvalue weighted by Gasteiger charge is -2.12. The molecule has 1 N–H and O–H groups in total. The molecule has 0 aliphatic heterocycles. The molecular weight excluding hydrogens is 408 g/mol. The van der Waals surface area contributed by atoms with Gasteiger partial charge in [-0.3, -0.25) is 4.79 Å². The molecule has 1 heterocycles. The minimum absolute atomic E-state index is 0.154. The summed E-state index contributed by atoms with van der Waals surface area (Å²) in [5.74, 6) is -0.154. The average molecular weight is 420 g/mol. The van der Waals surface area contributed by atoms with Gasteiger partial charge in [0.2, 0.25) is 0 Å². The average Bonchev–Trinajstić information content (AvgIpc) is 3.01. The molecule has 2 aromatic carbocycles. The summed E-state index contributed by atoms with van der Waals surface area (Å²) < 4.78 is 3.63. The topological polar surface area (TPSA) is 34.0 Å². The lowest BCUT2D eigenvalue weighted by Crippen LogP contribution is -2.14. The number of anilines is 1. The number of hydrogen-bond acceptors (Lipinski definition) is 1. The number of hydrogen-bond donors (Lipinski definition) is 1. The molecule has 1 aromatic heterocycles. The van der Waals surface area contributed by atoms with E-state index in [1.165, 1.54) is 0 Å². The van der Waals surface area contributed by atoms with Crippen molar-refractivity contribution >= 4 is 43.5 Å². The largest absolute Gasteiger partial charge is 0.322 e. The molecule has 0 saturated carbocycles. The fourth-order valence-corrected chi connectivity index (χ4v) is 3.39. The summed E-state index contributed by atoms with van der Waals surface area (Å²) in [6.45, 7) is 0. The number of aromatic nitrogens is 1. The Morgan fingerprint density at radius 2 is 1.68 bits per heavy atom. The maximum absolute atomic E-state index is 12.5. The third-order valence-corrected chi connectivity index (χ3v) is 4.36. The molecule has 22 heavy (non-hydrogen) atoms. The molecule has 3 rings (SSSR count). The highest BCUT2D eigenvalue weighted by atomic mass is 79.9. The van der Waals surface area contributed by atoms with Gasteiger partial charge in [0.15, 0.2) is 0 Å². The Bertz CT molecular complexity index is 813. The highest BCUT2D eigenvalue weighted by Gasteiger charge is 2.12. The normalized spacial score (nSPS) is 10.5. The Balaban J connectivity index is 1.92. The van der Waals surface area contributed by atoms with E-state index in [1.807, 2.05) is 65.5 Å². The molecule has 5 heteroatoms. The molecule has 0 aliphatic carbocycles. The molecule has 0 radical (unpaired) electrons. The lowest BCUT2D eigenvalue weighted by molar-refractivity contribution is 0.102. The van der Waals surface area contributed by atoms with Crippen LogP contribution >= 0.6 is 31.9 Å². The number of halogens is 2. The quantitative estimate of drug-likeness (QED) is 0.617. The highest BCUT2D eigenvalue weighted by Crippen LogP contribution is 2.25. The Hall–Kier alpha value is -1.85. The fraction of sp³-hybridized carbons (Fsp3) is 0. The van der Waals surface area contributed by atoms with Crippen LogP contribution in [0.15, 0.2) is 75.9 Å².